The van der Waals surface area contributed by atoms with Crippen LogP contribution in [0.5, 0.6) is 0 Å². The lowest BCUT2D eigenvalue weighted by Crippen LogP contribution is -2.37. The molecular weight excluding hydrogens is 388 g/mol. The molecule has 154 valence electrons. The fraction of sp³-hybridized carbons (Fsp3) is 0.364. The van der Waals surface area contributed by atoms with Gasteiger partial charge < -0.3 is 0 Å². The molecule has 0 radical (unpaired) electrons. The lowest BCUT2D eigenvalue weighted by Gasteiger charge is -2.26. The molecule has 0 fully saturated rings. The van der Waals surface area contributed by atoms with E-state index >= 15 is 0 Å². The molecule has 2 aromatic carbocycles. The number of carbonyl (C=O) groups is 2. The third-order valence-corrected chi connectivity index (χ3v) is 6.51. The summed E-state index contributed by atoms with van der Waals surface area (Å²) in [4.78, 5) is 26.5. The van der Waals surface area contributed by atoms with Gasteiger partial charge in [0.2, 0.25) is 10.0 Å². The summed E-state index contributed by atoms with van der Waals surface area (Å²) < 4.78 is 27.7. The second-order valence-corrected chi connectivity index (χ2v) is 10.0. The van der Waals surface area contributed by atoms with E-state index in [-0.39, 0.29) is 16.7 Å². The Bertz CT molecular complexity index is 982. The minimum Gasteiger partial charge on any atom is -0.268 e. The summed E-state index contributed by atoms with van der Waals surface area (Å²) in [6.07, 6.45) is 0. The molecule has 0 saturated heterocycles. The summed E-state index contributed by atoms with van der Waals surface area (Å²) in [7, 11) is -3.67. The van der Waals surface area contributed by atoms with Crippen molar-refractivity contribution in [1.82, 2.24) is 4.31 Å². The van der Waals surface area contributed by atoms with Gasteiger partial charge in [-0.15, -0.1) is 0 Å². The molecule has 7 heteroatoms. The zero-order valence-electron chi connectivity index (χ0n) is 17.1. The Labute approximate surface area is 172 Å². The van der Waals surface area contributed by atoms with E-state index in [2.05, 4.69) is 0 Å². The molecule has 0 saturated carbocycles. The van der Waals surface area contributed by atoms with Crippen molar-refractivity contribution < 1.29 is 18.0 Å². The highest BCUT2D eigenvalue weighted by atomic mass is 32.2. The normalized spacial score (nSPS) is 14.4. The highest BCUT2D eigenvalue weighted by molar-refractivity contribution is 7.89. The van der Waals surface area contributed by atoms with Crippen molar-refractivity contribution in [3.63, 3.8) is 0 Å². The van der Waals surface area contributed by atoms with Crippen molar-refractivity contribution >= 4 is 27.5 Å². The molecule has 29 heavy (non-hydrogen) atoms. The van der Waals surface area contributed by atoms with Crippen molar-refractivity contribution in [1.29, 1.82) is 0 Å². The van der Waals surface area contributed by atoms with Gasteiger partial charge in [-0.2, -0.15) is 4.31 Å². The van der Waals surface area contributed by atoms with E-state index in [1.807, 2.05) is 27.7 Å². The monoisotopic (exact) mass is 414 g/mol. The lowest BCUT2D eigenvalue weighted by atomic mass is 10.1. The summed E-state index contributed by atoms with van der Waals surface area (Å²) in [6.45, 7) is 8.78. The van der Waals surface area contributed by atoms with Crippen LogP contribution in [0.3, 0.4) is 0 Å². The van der Waals surface area contributed by atoms with Gasteiger partial charge in [0.25, 0.3) is 11.8 Å². The maximum Gasteiger partial charge on any atom is 0.266 e. The fourth-order valence-electron chi connectivity index (χ4n) is 3.43. The maximum atomic E-state index is 13.1. The summed E-state index contributed by atoms with van der Waals surface area (Å²) >= 11 is 0. The second-order valence-electron chi connectivity index (χ2n) is 8.09. The van der Waals surface area contributed by atoms with Gasteiger partial charge in [0, 0.05) is 13.1 Å². The van der Waals surface area contributed by atoms with Gasteiger partial charge in [0.15, 0.2) is 0 Å². The first-order valence-electron chi connectivity index (χ1n) is 9.71. The molecule has 2 amide bonds. The van der Waals surface area contributed by atoms with Crippen LogP contribution in [0.15, 0.2) is 53.4 Å². The molecular formula is C22H26N2O4S. The summed E-state index contributed by atoms with van der Waals surface area (Å²) in [5.41, 5.74) is 1.07. The predicted octanol–water partition coefficient (Wildman–Crippen LogP) is 3.79. The third kappa shape index (κ3) is 4.11. The number of fused-ring (bicyclic) bond motifs is 1. The molecule has 0 atom stereocenters. The van der Waals surface area contributed by atoms with Gasteiger partial charge in [-0.25, -0.2) is 13.3 Å². The van der Waals surface area contributed by atoms with E-state index in [0.29, 0.717) is 29.9 Å². The molecule has 2 aromatic rings. The smallest absolute Gasteiger partial charge is 0.266 e. The van der Waals surface area contributed by atoms with Crippen molar-refractivity contribution in [2.24, 2.45) is 11.8 Å². The highest BCUT2D eigenvalue weighted by Gasteiger charge is 2.36. The van der Waals surface area contributed by atoms with Crippen LogP contribution in [0.2, 0.25) is 0 Å². The molecule has 0 unspecified atom stereocenters. The maximum absolute atomic E-state index is 13.1. The molecule has 0 N–H and O–H groups in total. The van der Waals surface area contributed by atoms with Gasteiger partial charge in [0.05, 0.1) is 21.7 Å². The van der Waals surface area contributed by atoms with Gasteiger partial charge in [0.1, 0.15) is 0 Å². The summed E-state index contributed by atoms with van der Waals surface area (Å²) in [6, 6.07) is 12.6. The zero-order valence-corrected chi connectivity index (χ0v) is 17.9. The number of imide groups is 1. The summed E-state index contributed by atoms with van der Waals surface area (Å²) in [5.74, 6) is -0.410. The molecule has 3 rings (SSSR count). The van der Waals surface area contributed by atoms with Crippen LogP contribution in [0.25, 0.3) is 0 Å². The predicted molar refractivity (Wildman–Crippen MR) is 112 cm³/mol. The van der Waals surface area contributed by atoms with E-state index in [1.165, 1.54) is 28.6 Å². The molecule has 0 aromatic heterocycles. The fourth-order valence-corrected chi connectivity index (χ4v) is 5.19. The quantitative estimate of drug-likeness (QED) is 0.646. The topological polar surface area (TPSA) is 74.8 Å². The minimum absolute atomic E-state index is 0.152. The van der Waals surface area contributed by atoms with Gasteiger partial charge >= 0.3 is 0 Å². The van der Waals surface area contributed by atoms with Gasteiger partial charge in [-0.05, 0) is 48.2 Å². The third-order valence-electron chi connectivity index (χ3n) is 4.66. The molecule has 0 bridgehead atoms. The van der Waals surface area contributed by atoms with Crippen molar-refractivity contribution in [2.75, 3.05) is 18.0 Å². The number of anilines is 1. The van der Waals surface area contributed by atoms with Crippen molar-refractivity contribution in [3.05, 3.63) is 59.7 Å². The van der Waals surface area contributed by atoms with Crippen LogP contribution >= 0.6 is 0 Å². The Morgan fingerprint density at radius 3 is 1.66 bits per heavy atom. The van der Waals surface area contributed by atoms with Crippen LogP contribution in [-0.2, 0) is 10.0 Å². The Kier molecular flexibility index (Phi) is 5.91. The first-order chi connectivity index (χ1) is 13.6. The average molecular weight is 415 g/mol. The zero-order chi connectivity index (χ0) is 21.3. The average Bonchev–Trinajstić information content (AvgIpc) is 2.92. The Hall–Kier alpha value is -2.51. The number of sulfonamides is 1. The Morgan fingerprint density at radius 1 is 0.793 bits per heavy atom. The number of nitrogens with zero attached hydrogens (tertiary/aromatic N) is 2. The molecule has 0 aliphatic carbocycles. The number of amides is 2. The van der Waals surface area contributed by atoms with Crippen LogP contribution in [-0.4, -0.2) is 37.6 Å². The molecule has 0 spiro atoms. The number of benzene rings is 2. The number of carbonyl (C=O) groups excluding carboxylic acids is 2. The first-order valence-corrected chi connectivity index (χ1v) is 11.1. The Balaban J connectivity index is 1.90. The van der Waals surface area contributed by atoms with E-state index in [1.54, 1.807) is 24.3 Å². The lowest BCUT2D eigenvalue weighted by molar-refractivity contribution is 0.0926. The molecule has 1 heterocycles. The van der Waals surface area contributed by atoms with Crippen LogP contribution in [0, 0.1) is 11.8 Å². The van der Waals surface area contributed by atoms with E-state index < -0.39 is 21.8 Å². The van der Waals surface area contributed by atoms with E-state index in [9.17, 15) is 18.0 Å². The molecule has 6 nitrogen and oxygen atoms in total. The van der Waals surface area contributed by atoms with Crippen LogP contribution in [0.4, 0.5) is 5.69 Å². The van der Waals surface area contributed by atoms with Crippen LogP contribution in [0.1, 0.15) is 48.4 Å². The Morgan fingerprint density at radius 2 is 1.24 bits per heavy atom. The number of hydrogen-bond donors (Lipinski definition) is 0. The second kappa shape index (κ2) is 8.08. The molecule has 1 aliphatic heterocycles. The van der Waals surface area contributed by atoms with Crippen molar-refractivity contribution in [2.45, 2.75) is 32.6 Å². The van der Waals surface area contributed by atoms with Crippen molar-refractivity contribution in [3.8, 4) is 0 Å². The molecule has 1 aliphatic rings. The summed E-state index contributed by atoms with van der Waals surface area (Å²) in [5, 5.41) is 0. The van der Waals surface area contributed by atoms with E-state index in [4.69, 9.17) is 0 Å². The van der Waals surface area contributed by atoms with Gasteiger partial charge in [-0.1, -0.05) is 39.8 Å². The minimum atomic E-state index is -3.67. The number of rotatable bonds is 7. The van der Waals surface area contributed by atoms with Gasteiger partial charge in [-0.3, -0.25) is 9.59 Å². The first kappa shape index (κ1) is 21.2. The SMILES string of the molecule is CC(C)CN(CC(C)C)S(=O)(=O)c1ccc(N2C(=O)c3ccccc3C2=O)cc1. The largest absolute Gasteiger partial charge is 0.268 e. The van der Waals surface area contributed by atoms with Crippen LogP contribution < -0.4 is 4.90 Å². The van der Waals surface area contributed by atoms with E-state index in [0.717, 1.165) is 4.90 Å². The standard InChI is InChI=1S/C22H26N2O4S/c1-15(2)13-23(14-16(3)4)29(27,28)18-11-9-17(10-12-18)24-21(25)19-7-5-6-8-20(19)22(24)26/h5-12,15-16H,13-14H2,1-4H3. The highest BCUT2D eigenvalue weighted by Crippen LogP contribution is 2.29. The number of hydrogen-bond acceptors (Lipinski definition) is 4.